The Kier molecular flexibility index (Phi) is 7.92. The molecule has 1 aliphatic rings. The van der Waals surface area contributed by atoms with Crippen LogP contribution in [0, 0.1) is 0 Å². The summed E-state index contributed by atoms with van der Waals surface area (Å²) in [6, 6.07) is 0. The van der Waals surface area contributed by atoms with Gasteiger partial charge in [-0.3, -0.25) is 4.90 Å². The topological polar surface area (TPSA) is 12.5 Å². The van der Waals surface area contributed by atoms with E-state index in [9.17, 15) is 0 Å². The third-order valence-electron chi connectivity index (χ3n) is 4.10. The molecule has 2 heteroatoms. The molecule has 0 aliphatic carbocycles. The Morgan fingerprint density at radius 2 is 1.56 bits per heavy atom. The molecule has 18 heavy (non-hydrogen) atoms. The zero-order valence-electron chi connectivity index (χ0n) is 12.8. The fourth-order valence-corrected chi connectivity index (χ4v) is 2.74. The smallest absolute Gasteiger partial charge is 0.0645 e. The fourth-order valence-electron chi connectivity index (χ4n) is 2.74. The van der Waals surface area contributed by atoms with Crippen molar-refractivity contribution in [2.24, 2.45) is 0 Å². The van der Waals surface area contributed by atoms with Crippen LogP contribution in [0.3, 0.4) is 0 Å². The third-order valence-corrected chi connectivity index (χ3v) is 4.10. The average molecular weight is 255 g/mol. The van der Waals surface area contributed by atoms with Crippen molar-refractivity contribution in [2.45, 2.75) is 77.7 Å². The van der Waals surface area contributed by atoms with Crippen molar-refractivity contribution < 1.29 is 4.74 Å². The van der Waals surface area contributed by atoms with Gasteiger partial charge in [-0.2, -0.15) is 0 Å². The summed E-state index contributed by atoms with van der Waals surface area (Å²) >= 11 is 0. The van der Waals surface area contributed by atoms with Crippen LogP contribution in [-0.4, -0.2) is 36.7 Å². The van der Waals surface area contributed by atoms with E-state index in [-0.39, 0.29) is 5.54 Å². The lowest BCUT2D eigenvalue weighted by Gasteiger charge is -2.42. The number of unbranched alkanes of at least 4 members (excludes halogenated alkanes) is 7. The summed E-state index contributed by atoms with van der Waals surface area (Å²) in [6.07, 6.45) is 11.3. The molecule has 1 rings (SSSR count). The minimum absolute atomic E-state index is 0.249. The highest BCUT2D eigenvalue weighted by Crippen LogP contribution is 2.19. The Hall–Kier alpha value is -0.0800. The van der Waals surface area contributed by atoms with Crippen LogP contribution < -0.4 is 0 Å². The molecule has 1 heterocycles. The Bertz CT molecular complexity index is 203. The van der Waals surface area contributed by atoms with Gasteiger partial charge in [0, 0.05) is 12.1 Å². The minimum atomic E-state index is 0.249. The van der Waals surface area contributed by atoms with Crippen LogP contribution in [0.15, 0.2) is 0 Å². The minimum Gasteiger partial charge on any atom is -0.378 e. The molecule has 0 aromatic carbocycles. The summed E-state index contributed by atoms with van der Waals surface area (Å²) in [5.41, 5.74) is 0.249. The lowest BCUT2D eigenvalue weighted by Crippen LogP contribution is -2.53. The molecule has 2 nitrogen and oxygen atoms in total. The average Bonchev–Trinajstić information content (AvgIpc) is 2.34. The normalized spacial score (nSPS) is 20.2. The zero-order chi connectivity index (χ0) is 13.3. The quantitative estimate of drug-likeness (QED) is 0.571. The molecule has 0 spiro atoms. The Morgan fingerprint density at radius 3 is 2.17 bits per heavy atom. The summed E-state index contributed by atoms with van der Waals surface area (Å²) in [4.78, 5) is 2.60. The molecule has 0 aromatic rings. The van der Waals surface area contributed by atoms with Gasteiger partial charge in [0.15, 0.2) is 0 Å². The van der Waals surface area contributed by atoms with Crippen LogP contribution in [0.2, 0.25) is 0 Å². The van der Waals surface area contributed by atoms with Gasteiger partial charge in [0.05, 0.1) is 13.2 Å². The second-order valence-electron chi connectivity index (χ2n) is 6.33. The molecule has 1 saturated heterocycles. The molecule has 0 aromatic heterocycles. The molecule has 0 atom stereocenters. The van der Waals surface area contributed by atoms with Crippen molar-refractivity contribution in [3.05, 3.63) is 0 Å². The molecule has 0 bridgehead atoms. The Morgan fingerprint density at radius 1 is 0.944 bits per heavy atom. The largest absolute Gasteiger partial charge is 0.378 e. The van der Waals surface area contributed by atoms with Crippen LogP contribution in [0.25, 0.3) is 0 Å². The number of hydrogen-bond donors (Lipinski definition) is 0. The van der Waals surface area contributed by atoms with Crippen molar-refractivity contribution in [1.82, 2.24) is 4.90 Å². The van der Waals surface area contributed by atoms with Crippen LogP contribution in [0.1, 0.15) is 72.1 Å². The highest BCUT2D eigenvalue weighted by Gasteiger charge is 2.29. The fraction of sp³-hybridized carbons (Fsp3) is 1.00. The SMILES string of the molecule is CCCCCCCCCCN1CCOCC1(C)C. The van der Waals surface area contributed by atoms with E-state index in [1.165, 1.54) is 57.9 Å². The van der Waals surface area contributed by atoms with Gasteiger partial charge in [0.2, 0.25) is 0 Å². The summed E-state index contributed by atoms with van der Waals surface area (Å²) in [7, 11) is 0. The van der Waals surface area contributed by atoms with Gasteiger partial charge >= 0.3 is 0 Å². The zero-order valence-corrected chi connectivity index (χ0v) is 12.8. The van der Waals surface area contributed by atoms with E-state index in [0.717, 1.165) is 19.8 Å². The Balaban J connectivity index is 1.97. The number of hydrogen-bond acceptors (Lipinski definition) is 2. The van der Waals surface area contributed by atoms with Crippen molar-refractivity contribution in [3.8, 4) is 0 Å². The van der Waals surface area contributed by atoms with Crippen molar-refractivity contribution in [3.63, 3.8) is 0 Å². The lowest BCUT2D eigenvalue weighted by atomic mass is 10.0. The van der Waals surface area contributed by atoms with Gasteiger partial charge < -0.3 is 4.74 Å². The first-order valence-electron chi connectivity index (χ1n) is 7.99. The van der Waals surface area contributed by atoms with Crippen molar-refractivity contribution in [1.29, 1.82) is 0 Å². The summed E-state index contributed by atoms with van der Waals surface area (Å²) in [6.45, 7) is 11.1. The first-order valence-corrected chi connectivity index (χ1v) is 7.99. The monoisotopic (exact) mass is 255 g/mol. The van der Waals surface area contributed by atoms with Gasteiger partial charge in [-0.1, -0.05) is 51.9 Å². The highest BCUT2D eigenvalue weighted by atomic mass is 16.5. The van der Waals surface area contributed by atoms with Crippen molar-refractivity contribution >= 4 is 0 Å². The van der Waals surface area contributed by atoms with E-state index in [1.54, 1.807) is 0 Å². The van der Waals surface area contributed by atoms with E-state index in [2.05, 4.69) is 25.7 Å². The third kappa shape index (κ3) is 6.19. The number of morpholine rings is 1. The highest BCUT2D eigenvalue weighted by molar-refractivity contribution is 4.84. The van der Waals surface area contributed by atoms with E-state index in [0.29, 0.717) is 0 Å². The Labute approximate surface area is 114 Å². The maximum absolute atomic E-state index is 5.56. The maximum atomic E-state index is 5.56. The lowest BCUT2D eigenvalue weighted by molar-refractivity contribution is -0.0513. The predicted molar refractivity (Wildman–Crippen MR) is 79.1 cm³/mol. The molecule has 0 saturated carbocycles. The van der Waals surface area contributed by atoms with Gasteiger partial charge in [0.25, 0.3) is 0 Å². The molecule has 108 valence electrons. The first-order chi connectivity index (χ1) is 8.67. The molecule has 0 amide bonds. The van der Waals surface area contributed by atoms with Crippen LogP contribution in [0.4, 0.5) is 0 Å². The number of ether oxygens (including phenoxy) is 1. The van der Waals surface area contributed by atoms with Gasteiger partial charge in [-0.25, -0.2) is 0 Å². The first kappa shape index (κ1) is 16.0. The molecule has 0 unspecified atom stereocenters. The predicted octanol–water partition coefficient (Wildman–Crippen LogP) is 4.24. The molecular weight excluding hydrogens is 222 g/mol. The molecule has 1 fully saturated rings. The molecule has 1 aliphatic heterocycles. The van der Waals surface area contributed by atoms with Crippen LogP contribution in [-0.2, 0) is 4.74 Å². The summed E-state index contributed by atoms with van der Waals surface area (Å²) in [5.74, 6) is 0. The van der Waals surface area contributed by atoms with Gasteiger partial charge in [0.1, 0.15) is 0 Å². The number of nitrogens with zero attached hydrogens (tertiary/aromatic N) is 1. The van der Waals surface area contributed by atoms with E-state index >= 15 is 0 Å². The molecule has 0 radical (unpaired) electrons. The number of rotatable bonds is 9. The maximum Gasteiger partial charge on any atom is 0.0645 e. The second kappa shape index (κ2) is 8.92. The molecule has 0 N–H and O–H groups in total. The van der Waals surface area contributed by atoms with Crippen LogP contribution >= 0.6 is 0 Å². The van der Waals surface area contributed by atoms with E-state index in [1.807, 2.05) is 0 Å². The van der Waals surface area contributed by atoms with Gasteiger partial charge in [-0.15, -0.1) is 0 Å². The van der Waals surface area contributed by atoms with Crippen LogP contribution in [0.5, 0.6) is 0 Å². The summed E-state index contributed by atoms with van der Waals surface area (Å²) < 4.78 is 5.56. The van der Waals surface area contributed by atoms with E-state index < -0.39 is 0 Å². The van der Waals surface area contributed by atoms with E-state index in [4.69, 9.17) is 4.74 Å². The summed E-state index contributed by atoms with van der Waals surface area (Å²) in [5, 5.41) is 0. The molecular formula is C16H33NO. The standard InChI is InChI=1S/C16H33NO/c1-4-5-6-7-8-9-10-11-12-17-13-14-18-15-16(17,2)3/h4-15H2,1-3H3. The van der Waals surface area contributed by atoms with Crippen molar-refractivity contribution in [2.75, 3.05) is 26.3 Å². The van der Waals surface area contributed by atoms with Gasteiger partial charge in [-0.05, 0) is 26.8 Å². The second-order valence-corrected chi connectivity index (χ2v) is 6.33.